The van der Waals surface area contributed by atoms with Gasteiger partial charge < -0.3 is 10.6 Å². The van der Waals surface area contributed by atoms with Crippen LogP contribution < -0.4 is 10.6 Å². The van der Waals surface area contributed by atoms with Crippen molar-refractivity contribution in [2.24, 2.45) is 0 Å². The Morgan fingerprint density at radius 3 is 2.69 bits per heavy atom. The largest absolute Gasteiger partial charge is 0.367 e. The zero-order valence-corrected chi connectivity index (χ0v) is 9.58. The number of aromatic nitrogens is 1. The summed E-state index contributed by atoms with van der Waals surface area (Å²) in [6.07, 6.45) is 5.05. The van der Waals surface area contributed by atoms with Crippen LogP contribution in [0.15, 0.2) is 18.2 Å². The molecule has 0 atom stereocenters. The maximum Gasteiger partial charge on any atom is 0.126 e. The first-order valence-electron chi connectivity index (χ1n) is 6.36. The minimum Gasteiger partial charge on any atom is -0.367 e. The lowest BCUT2D eigenvalue weighted by Crippen LogP contribution is -2.35. The van der Waals surface area contributed by atoms with Gasteiger partial charge in [0.25, 0.3) is 0 Å². The summed E-state index contributed by atoms with van der Waals surface area (Å²) in [5.41, 5.74) is 1.28. The van der Waals surface area contributed by atoms with Gasteiger partial charge >= 0.3 is 0 Å². The van der Waals surface area contributed by atoms with Gasteiger partial charge in [0.2, 0.25) is 0 Å². The van der Waals surface area contributed by atoms with Crippen LogP contribution in [0, 0.1) is 0 Å². The summed E-state index contributed by atoms with van der Waals surface area (Å²) < 4.78 is 0. The van der Waals surface area contributed by atoms with Crippen LogP contribution >= 0.6 is 0 Å². The monoisotopic (exact) mass is 217 g/mol. The molecule has 0 aromatic carbocycles. The number of pyridine rings is 1. The van der Waals surface area contributed by atoms with Crippen molar-refractivity contribution in [2.75, 3.05) is 18.4 Å². The molecule has 1 saturated heterocycles. The highest BCUT2D eigenvalue weighted by Gasteiger charge is 2.25. The zero-order valence-electron chi connectivity index (χ0n) is 9.58. The van der Waals surface area contributed by atoms with E-state index < -0.39 is 0 Å². The Morgan fingerprint density at radius 1 is 1.12 bits per heavy atom. The first-order valence-corrected chi connectivity index (χ1v) is 6.36. The predicted molar refractivity (Wildman–Crippen MR) is 65.7 cm³/mol. The number of rotatable bonds is 3. The molecular formula is C13H19N3. The minimum atomic E-state index is 0.600. The fourth-order valence-electron chi connectivity index (χ4n) is 2.31. The van der Waals surface area contributed by atoms with E-state index in [1.807, 2.05) is 0 Å². The van der Waals surface area contributed by atoms with E-state index in [9.17, 15) is 0 Å². The number of nitrogens with zero attached hydrogens (tertiary/aromatic N) is 1. The van der Waals surface area contributed by atoms with Crippen LogP contribution in [0.1, 0.15) is 37.3 Å². The molecule has 0 unspecified atom stereocenters. The van der Waals surface area contributed by atoms with Gasteiger partial charge in [0.15, 0.2) is 0 Å². The Kier molecular flexibility index (Phi) is 2.79. The lowest BCUT2D eigenvalue weighted by atomic mass is 10.1. The number of hydrogen-bond acceptors (Lipinski definition) is 3. The highest BCUT2D eigenvalue weighted by Crippen LogP contribution is 2.39. The summed E-state index contributed by atoms with van der Waals surface area (Å²) in [6, 6.07) is 6.98. The third-order valence-electron chi connectivity index (χ3n) is 3.46. The van der Waals surface area contributed by atoms with Crippen molar-refractivity contribution in [3.05, 3.63) is 23.9 Å². The van der Waals surface area contributed by atoms with Crippen LogP contribution in [0.5, 0.6) is 0 Å². The highest BCUT2D eigenvalue weighted by atomic mass is 15.0. The fourth-order valence-corrected chi connectivity index (χ4v) is 2.31. The zero-order chi connectivity index (χ0) is 10.8. The summed E-state index contributed by atoms with van der Waals surface area (Å²) in [4.78, 5) is 4.70. The van der Waals surface area contributed by atoms with Crippen LogP contribution in [-0.2, 0) is 0 Å². The van der Waals surface area contributed by atoms with E-state index in [4.69, 9.17) is 4.98 Å². The molecule has 0 radical (unpaired) electrons. The fraction of sp³-hybridized carbons (Fsp3) is 0.615. The van der Waals surface area contributed by atoms with Gasteiger partial charge in [-0.05, 0) is 50.9 Å². The minimum absolute atomic E-state index is 0.600. The van der Waals surface area contributed by atoms with Crippen molar-refractivity contribution in [3.8, 4) is 0 Å². The number of piperidine rings is 1. The Labute approximate surface area is 96.7 Å². The van der Waals surface area contributed by atoms with Gasteiger partial charge in [0.1, 0.15) is 5.82 Å². The van der Waals surface area contributed by atoms with Crippen LogP contribution in [0.25, 0.3) is 0 Å². The molecule has 3 nitrogen and oxygen atoms in total. The lowest BCUT2D eigenvalue weighted by molar-refractivity contribution is 0.478. The number of anilines is 1. The van der Waals surface area contributed by atoms with Crippen LogP contribution in [0.4, 0.5) is 5.82 Å². The molecule has 1 saturated carbocycles. The average Bonchev–Trinajstić information content (AvgIpc) is 3.15. The van der Waals surface area contributed by atoms with Gasteiger partial charge in [0.05, 0.1) is 0 Å². The third kappa shape index (κ3) is 2.35. The number of hydrogen-bond donors (Lipinski definition) is 2. The molecule has 1 aliphatic carbocycles. The van der Waals surface area contributed by atoms with Gasteiger partial charge in [-0.25, -0.2) is 4.98 Å². The molecule has 0 amide bonds. The Morgan fingerprint density at radius 2 is 1.94 bits per heavy atom. The molecule has 0 bridgehead atoms. The van der Waals surface area contributed by atoms with Gasteiger partial charge in [-0.2, -0.15) is 0 Å². The van der Waals surface area contributed by atoms with Crippen molar-refractivity contribution in [2.45, 2.75) is 37.6 Å². The van der Waals surface area contributed by atoms with Crippen LogP contribution in [0.3, 0.4) is 0 Å². The molecule has 3 rings (SSSR count). The molecular weight excluding hydrogens is 198 g/mol. The van der Waals surface area contributed by atoms with E-state index in [0.717, 1.165) is 24.8 Å². The van der Waals surface area contributed by atoms with Crippen molar-refractivity contribution in [1.82, 2.24) is 10.3 Å². The molecule has 2 aliphatic rings. The Bertz CT molecular complexity index is 354. The van der Waals surface area contributed by atoms with Crippen molar-refractivity contribution in [1.29, 1.82) is 0 Å². The van der Waals surface area contributed by atoms with Crippen molar-refractivity contribution >= 4 is 5.82 Å². The highest BCUT2D eigenvalue weighted by molar-refractivity contribution is 5.38. The van der Waals surface area contributed by atoms with Crippen LogP contribution in [0.2, 0.25) is 0 Å². The average molecular weight is 217 g/mol. The quantitative estimate of drug-likeness (QED) is 0.814. The molecule has 1 aromatic heterocycles. The Balaban J connectivity index is 1.66. The van der Waals surface area contributed by atoms with E-state index in [2.05, 4.69) is 28.8 Å². The van der Waals surface area contributed by atoms with E-state index in [1.54, 1.807) is 0 Å². The molecule has 3 heteroatoms. The summed E-state index contributed by atoms with van der Waals surface area (Å²) in [6.45, 7) is 2.25. The van der Waals surface area contributed by atoms with Gasteiger partial charge in [-0.15, -0.1) is 0 Å². The summed E-state index contributed by atoms with van der Waals surface area (Å²) in [5, 5.41) is 6.93. The smallest absolute Gasteiger partial charge is 0.126 e. The molecule has 1 aliphatic heterocycles. The molecule has 2 heterocycles. The lowest BCUT2D eigenvalue weighted by Gasteiger charge is -2.24. The molecule has 2 N–H and O–H groups in total. The Hall–Kier alpha value is -1.09. The molecule has 0 spiro atoms. The predicted octanol–water partition coefficient (Wildman–Crippen LogP) is 2.12. The van der Waals surface area contributed by atoms with Gasteiger partial charge in [-0.1, -0.05) is 6.07 Å². The SMILES string of the molecule is c1cc(NC2CCNCC2)nc(C2CC2)c1. The van der Waals surface area contributed by atoms with Crippen molar-refractivity contribution < 1.29 is 0 Å². The van der Waals surface area contributed by atoms with Crippen LogP contribution in [-0.4, -0.2) is 24.1 Å². The van der Waals surface area contributed by atoms with E-state index in [-0.39, 0.29) is 0 Å². The number of nitrogens with one attached hydrogen (secondary N) is 2. The second-order valence-electron chi connectivity index (χ2n) is 4.89. The third-order valence-corrected chi connectivity index (χ3v) is 3.46. The summed E-state index contributed by atoms with van der Waals surface area (Å²) in [7, 11) is 0. The maximum absolute atomic E-state index is 4.70. The molecule has 2 fully saturated rings. The second-order valence-corrected chi connectivity index (χ2v) is 4.89. The van der Waals surface area contributed by atoms with Gasteiger partial charge in [-0.3, -0.25) is 0 Å². The maximum atomic E-state index is 4.70. The van der Waals surface area contributed by atoms with E-state index in [1.165, 1.54) is 31.4 Å². The van der Waals surface area contributed by atoms with E-state index in [0.29, 0.717) is 6.04 Å². The normalized spacial score (nSPS) is 22.0. The first kappa shape index (κ1) is 10.1. The van der Waals surface area contributed by atoms with E-state index >= 15 is 0 Å². The standard InChI is InChI=1S/C13H19N3/c1-2-12(10-4-5-10)16-13(3-1)15-11-6-8-14-9-7-11/h1-3,10-11,14H,4-9H2,(H,15,16). The van der Waals surface area contributed by atoms with Crippen molar-refractivity contribution in [3.63, 3.8) is 0 Å². The summed E-state index contributed by atoms with van der Waals surface area (Å²) in [5.74, 6) is 1.81. The first-order chi connectivity index (χ1) is 7.92. The van der Waals surface area contributed by atoms with Gasteiger partial charge in [0, 0.05) is 17.7 Å². The second kappa shape index (κ2) is 4.42. The molecule has 86 valence electrons. The topological polar surface area (TPSA) is 37.0 Å². The summed E-state index contributed by atoms with van der Waals surface area (Å²) >= 11 is 0. The molecule has 1 aromatic rings. The molecule has 16 heavy (non-hydrogen) atoms.